The molecule has 1 amide bonds. The van der Waals surface area contributed by atoms with Crippen LogP contribution in [0.15, 0.2) is 28.8 Å². The van der Waals surface area contributed by atoms with Gasteiger partial charge in [-0.1, -0.05) is 17.3 Å². The minimum Gasteiger partial charge on any atom is -0.369 e. The number of aromatic nitrogens is 1. The third-order valence-corrected chi connectivity index (χ3v) is 2.40. The zero-order valence-electron chi connectivity index (χ0n) is 9.77. The summed E-state index contributed by atoms with van der Waals surface area (Å²) < 4.78 is 10.3. The second kappa shape index (κ2) is 4.97. The van der Waals surface area contributed by atoms with Gasteiger partial charge in [0.1, 0.15) is 6.10 Å². The first kappa shape index (κ1) is 11.6. The fraction of sp³-hybridized carbons (Fsp3) is 0.333. The van der Waals surface area contributed by atoms with Crippen LogP contribution in [-0.4, -0.2) is 23.8 Å². The molecule has 0 bridgehead atoms. The molecular weight excluding hydrogens is 220 g/mol. The smallest absolute Gasteiger partial charge is 0.254 e. The first-order valence-electron chi connectivity index (χ1n) is 5.49. The molecule has 5 heteroatoms. The third-order valence-electron chi connectivity index (χ3n) is 2.40. The molecule has 0 unspecified atom stereocenters. The minimum atomic E-state index is -0.504. The molecule has 0 aliphatic carbocycles. The van der Waals surface area contributed by atoms with Gasteiger partial charge in [0, 0.05) is 6.61 Å². The van der Waals surface area contributed by atoms with Crippen LogP contribution in [0.5, 0.6) is 0 Å². The highest BCUT2D eigenvalue weighted by Crippen LogP contribution is 2.22. The second-order valence-corrected chi connectivity index (χ2v) is 3.61. The largest absolute Gasteiger partial charge is 0.369 e. The zero-order chi connectivity index (χ0) is 12.3. The van der Waals surface area contributed by atoms with Crippen LogP contribution in [0, 0.1) is 0 Å². The lowest BCUT2D eigenvalue weighted by atomic mass is 10.2. The first-order valence-corrected chi connectivity index (χ1v) is 5.49. The summed E-state index contributed by atoms with van der Waals surface area (Å²) in [7, 11) is 0. The van der Waals surface area contributed by atoms with Gasteiger partial charge in [0.2, 0.25) is 0 Å². The molecule has 0 radical (unpaired) electrons. The monoisotopic (exact) mass is 234 g/mol. The first-order chi connectivity index (χ1) is 8.22. The van der Waals surface area contributed by atoms with E-state index in [1.165, 1.54) is 0 Å². The van der Waals surface area contributed by atoms with Crippen molar-refractivity contribution in [3.8, 4) is 0 Å². The van der Waals surface area contributed by atoms with Crippen LogP contribution in [0.4, 0.5) is 5.82 Å². The topological polar surface area (TPSA) is 64.4 Å². The number of anilines is 1. The van der Waals surface area contributed by atoms with E-state index in [1.54, 1.807) is 13.0 Å². The molecule has 1 N–H and O–H groups in total. The predicted octanol–water partition coefficient (Wildman–Crippen LogP) is 2.19. The van der Waals surface area contributed by atoms with E-state index >= 15 is 0 Å². The molecule has 2 rings (SSSR count). The van der Waals surface area contributed by atoms with Crippen LogP contribution in [0.3, 0.4) is 0 Å². The lowest BCUT2D eigenvalue weighted by molar-refractivity contribution is -0.126. The van der Waals surface area contributed by atoms with Crippen molar-refractivity contribution in [1.29, 1.82) is 0 Å². The molecule has 0 saturated heterocycles. The van der Waals surface area contributed by atoms with Gasteiger partial charge in [-0.25, -0.2) is 0 Å². The molecule has 1 atom stereocenters. The number of fused-ring (bicyclic) bond motifs is 1. The van der Waals surface area contributed by atoms with E-state index in [0.717, 1.165) is 5.39 Å². The SMILES string of the molecule is CCO[C@H](C)C(=O)Nc1noc2ccccc12. The van der Waals surface area contributed by atoms with Crippen molar-refractivity contribution < 1.29 is 14.1 Å². The molecule has 0 spiro atoms. The Morgan fingerprint density at radius 3 is 3.06 bits per heavy atom. The molecule has 0 aliphatic rings. The van der Waals surface area contributed by atoms with Crippen molar-refractivity contribution >= 4 is 22.7 Å². The van der Waals surface area contributed by atoms with E-state index in [-0.39, 0.29) is 5.91 Å². The lowest BCUT2D eigenvalue weighted by Gasteiger charge is -2.10. The normalized spacial score (nSPS) is 12.6. The van der Waals surface area contributed by atoms with E-state index in [4.69, 9.17) is 9.26 Å². The molecule has 0 fully saturated rings. The van der Waals surface area contributed by atoms with E-state index < -0.39 is 6.10 Å². The molecule has 0 saturated carbocycles. The quantitative estimate of drug-likeness (QED) is 0.880. The summed E-state index contributed by atoms with van der Waals surface area (Å²) in [5.41, 5.74) is 0.645. The highest BCUT2D eigenvalue weighted by atomic mass is 16.5. The Balaban J connectivity index is 2.16. The van der Waals surface area contributed by atoms with Gasteiger partial charge in [-0.3, -0.25) is 4.79 Å². The van der Waals surface area contributed by atoms with Crippen LogP contribution in [0.25, 0.3) is 11.0 Å². The summed E-state index contributed by atoms with van der Waals surface area (Å²) in [6.07, 6.45) is -0.504. The maximum Gasteiger partial charge on any atom is 0.254 e. The van der Waals surface area contributed by atoms with Crippen molar-refractivity contribution in [2.24, 2.45) is 0 Å². The highest BCUT2D eigenvalue weighted by Gasteiger charge is 2.16. The molecule has 1 heterocycles. The third kappa shape index (κ3) is 2.45. The fourth-order valence-corrected chi connectivity index (χ4v) is 1.52. The molecule has 2 aromatic rings. The van der Waals surface area contributed by atoms with Crippen molar-refractivity contribution in [1.82, 2.24) is 5.16 Å². The number of amides is 1. The van der Waals surface area contributed by atoms with Crippen LogP contribution >= 0.6 is 0 Å². The number of nitrogens with zero attached hydrogens (tertiary/aromatic N) is 1. The molecule has 5 nitrogen and oxygen atoms in total. The number of nitrogens with one attached hydrogen (secondary N) is 1. The summed E-state index contributed by atoms with van der Waals surface area (Å²) in [6, 6.07) is 7.35. The van der Waals surface area contributed by atoms with Gasteiger partial charge in [-0.15, -0.1) is 0 Å². The Hall–Kier alpha value is -1.88. The Kier molecular flexibility index (Phi) is 3.39. The number of carbonyl (C=O) groups is 1. The van der Waals surface area contributed by atoms with Crippen LogP contribution in [0.2, 0.25) is 0 Å². The molecule has 0 aliphatic heterocycles. The number of hydrogen-bond donors (Lipinski definition) is 1. The average Bonchev–Trinajstić information content (AvgIpc) is 2.73. The highest BCUT2D eigenvalue weighted by molar-refractivity contribution is 6.00. The number of carbonyl (C=O) groups excluding carboxylic acids is 1. The summed E-state index contributed by atoms with van der Waals surface area (Å²) in [5.74, 6) is 0.197. The summed E-state index contributed by atoms with van der Waals surface area (Å²) >= 11 is 0. The van der Waals surface area contributed by atoms with Gasteiger partial charge < -0.3 is 14.6 Å². The Morgan fingerprint density at radius 1 is 1.53 bits per heavy atom. The Bertz CT molecular complexity index is 521. The fourth-order valence-electron chi connectivity index (χ4n) is 1.52. The maximum atomic E-state index is 11.7. The molecular formula is C12H14N2O3. The molecule has 1 aromatic heterocycles. The van der Waals surface area contributed by atoms with Crippen LogP contribution < -0.4 is 5.32 Å². The van der Waals surface area contributed by atoms with E-state index in [2.05, 4.69) is 10.5 Å². The lowest BCUT2D eigenvalue weighted by Crippen LogP contribution is -2.27. The predicted molar refractivity (Wildman–Crippen MR) is 63.7 cm³/mol. The Labute approximate surface area is 98.7 Å². The van der Waals surface area contributed by atoms with Crippen molar-refractivity contribution in [3.63, 3.8) is 0 Å². The van der Waals surface area contributed by atoms with E-state index in [0.29, 0.717) is 18.0 Å². The van der Waals surface area contributed by atoms with E-state index in [9.17, 15) is 4.79 Å². The number of rotatable bonds is 4. The average molecular weight is 234 g/mol. The van der Waals surface area contributed by atoms with Crippen LogP contribution in [0.1, 0.15) is 13.8 Å². The zero-order valence-corrected chi connectivity index (χ0v) is 9.77. The second-order valence-electron chi connectivity index (χ2n) is 3.61. The van der Waals surface area contributed by atoms with Gasteiger partial charge in [0.05, 0.1) is 5.39 Å². The Morgan fingerprint density at radius 2 is 2.29 bits per heavy atom. The van der Waals surface area contributed by atoms with Crippen LogP contribution in [-0.2, 0) is 9.53 Å². The molecule has 17 heavy (non-hydrogen) atoms. The standard InChI is InChI=1S/C12H14N2O3/c1-3-16-8(2)12(15)13-11-9-6-4-5-7-10(9)17-14-11/h4-8H,3H2,1-2H3,(H,13,14,15)/t8-/m1/s1. The minimum absolute atomic E-state index is 0.231. The number of hydrogen-bond acceptors (Lipinski definition) is 4. The number of benzene rings is 1. The van der Waals surface area contributed by atoms with Gasteiger partial charge in [-0.2, -0.15) is 0 Å². The number of para-hydroxylation sites is 1. The van der Waals surface area contributed by atoms with Gasteiger partial charge in [-0.05, 0) is 26.0 Å². The van der Waals surface area contributed by atoms with Gasteiger partial charge >= 0.3 is 0 Å². The summed E-state index contributed by atoms with van der Waals surface area (Å²) in [5, 5.41) is 7.28. The van der Waals surface area contributed by atoms with Crippen molar-refractivity contribution in [3.05, 3.63) is 24.3 Å². The molecule has 90 valence electrons. The summed E-state index contributed by atoms with van der Waals surface area (Å²) in [6.45, 7) is 4.03. The number of ether oxygens (including phenoxy) is 1. The molecule has 1 aromatic carbocycles. The van der Waals surface area contributed by atoms with Crippen molar-refractivity contribution in [2.45, 2.75) is 20.0 Å². The maximum absolute atomic E-state index is 11.7. The van der Waals surface area contributed by atoms with Gasteiger partial charge in [0.15, 0.2) is 11.4 Å². The van der Waals surface area contributed by atoms with E-state index in [1.807, 2.05) is 25.1 Å². The van der Waals surface area contributed by atoms with Gasteiger partial charge in [0.25, 0.3) is 5.91 Å². The summed E-state index contributed by atoms with van der Waals surface area (Å²) in [4.78, 5) is 11.7. The van der Waals surface area contributed by atoms with Crippen molar-refractivity contribution in [2.75, 3.05) is 11.9 Å².